The second-order valence-corrected chi connectivity index (χ2v) is 6.38. The van der Waals surface area contributed by atoms with Crippen molar-refractivity contribution in [2.24, 2.45) is 0 Å². The van der Waals surface area contributed by atoms with Crippen molar-refractivity contribution < 1.29 is 24.5 Å². The predicted octanol–water partition coefficient (Wildman–Crippen LogP) is 2.27. The van der Waals surface area contributed by atoms with E-state index in [1.54, 1.807) is 12.1 Å². The third-order valence-corrected chi connectivity index (χ3v) is 4.71. The van der Waals surface area contributed by atoms with Gasteiger partial charge in [0.1, 0.15) is 0 Å². The van der Waals surface area contributed by atoms with Gasteiger partial charge in [-0.1, -0.05) is 6.07 Å². The number of phenolic OH excluding ortho intramolecular Hbond substituents is 2. The summed E-state index contributed by atoms with van der Waals surface area (Å²) in [6.07, 6.45) is 1.02. The Morgan fingerprint density at radius 2 is 1.93 bits per heavy atom. The number of hydrogen-bond donors (Lipinski definition) is 3. The molecule has 0 fully saturated rings. The Labute approximate surface area is 156 Å². The minimum absolute atomic E-state index is 0.118. The van der Waals surface area contributed by atoms with E-state index in [1.807, 2.05) is 0 Å². The summed E-state index contributed by atoms with van der Waals surface area (Å²) in [6, 6.07) is 5.75. The molecule has 0 saturated heterocycles. The number of nitrogens with one attached hydrogen (secondary N) is 1. The molecule has 0 unspecified atom stereocenters. The van der Waals surface area contributed by atoms with Gasteiger partial charge in [-0.3, -0.25) is 9.59 Å². The number of rotatable bonds is 3. The van der Waals surface area contributed by atoms with Crippen LogP contribution in [0.5, 0.6) is 23.0 Å². The largest absolute Gasteiger partial charge is 0.504 e. The number of carbonyl (C=O) groups is 1. The van der Waals surface area contributed by atoms with E-state index in [1.165, 1.54) is 33.3 Å². The molecule has 0 bridgehead atoms. The Morgan fingerprint density at radius 1 is 1.19 bits per heavy atom. The first-order chi connectivity index (χ1) is 12.9. The third-order valence-electron chi connectivity index (χ3n) is 4.71. The fraction of sp³-hybridized carbons (Fsp3) is 0.300. The van der Waals surface area contributed by atoms with Crippen molar-refractivity contribution in [1.29, 1.82) is 0 Å². The summed E-state index contributed by atoms with van der Waals surface area (Å²) in [4.78, 5) is 24.2. The van der Waals surface area contributed by atoms with Crippen LogP contribution in [0.15, 0.2) is 29.1 Å². The maximum atomic E-state index is 12.5. The first kappa shape index (κ1) is 18.6. The lowest BCUT2D eigenvalue weighted by molar-refractivity contribution is -0.119. The Hall–Kier alpha value is -3.22. The number of benzene rings is 1. The molecular weight excluding hydrogens is 350 g/mol. The molecule has 27 heavy (non-hydrogen) atoms. The van der Waals surface area contributed by atoms with Crippen molar-refractivity contribution in [3.63, 3.8) is 0 Å². The van der Waals surface area contributed by atoms with Crippen molar-refractivity contribution in [3.05, 3.63) is 45.6 Å². The normalized spacial score (nSPS) is 15.1. The molecule has 1 amide bonds. The summed E-state index contributed by atoms with van der Waals surface area (Å²) < 4.78 is 10.5. The molecule has 7 nitrogen and oxygen atoms in total. The lowest BCUT2D eigenvalue weighted by atomic mass is 9.95. The highest BCUT2D eigenvalue weighted by Crippen LogP contribution is 2.49. The summed E-state index contributed by atoms with van der Waals surface area (Å²) in [7, 11) is 2.80. The van der Waals surface area contributed by atoms with Crippen LogP contribution in [0.4, 0.5) is 0 Å². The molecular formula is C20H21NO6. The SMILES string of the molecule is COc1c(O)c(O)cc2c1-c1ccc(OC)c(=O)cc1[C@@H](NC(C)=O)CC2. The maximum absolute atomic E-state index is 12.5. The minimum Gasteiger partial charge on any atom is -0.504 e. The van der Waals surface area contributed by atoms with Crippen LogP contribution in [0.2, 0.25) is 0 Å². The Morgan fingerprint density at radius 3 is 2.56 bits per heavy atom. The molecule has 7 heteroatoms. The van der Waals surface area contributed by atoms with E-state index in [-0.39, 0.29) is 34.3 Å². The van der Waals surface area contributed by atoms with Crippen molar-refractivity contribution in [3.8, 4) is 34.1 Å². The standard InChI is InChI=1S/C20H21NO6/c1-10(22)21-14-6-4-11-8-16(24)19(25)20(27-3)18(11)12-5-7-17(26-2)15(23)9-13(12)14/h5,7-9,14,24-25H,4,6H2,1-3H3,(H,21,22)/t14-/m0/s1. The van der Waals surface area contributed by atoms with Gasteiger partial charge in [-0.2, -0.15) is 0 Å². The minimum atomic E-state index is -0.413. The van der Waals surface area contributed by atoms with Gasteiger partial charge in [0.25, 0.3) is 0 Å². The van der Waals surface area contributed by atoms with E-state index in [0.29, 0.717) is 29.5 Å². The molecule has 0 spiro atoms. The van der Waals surface area contributed by atoms with Crippen molar-refractivity contribution in [1.82, 2.24) is 5.32 Å². The number of hydrogen-bond acceptors (Lipinski definition) is 6. The molecule has 0 saturated carbocycles. The van der Waals surface area contributed by atoms with Gasteiger partial charge in [-0.25, -0.2) is 0 Å². The highest BCUT2D eigenvalue weighted by molar-refractivity contribution is 5.83. The number of phenols is 2. The van der Waals surface area contributed by atoms with Crippen molar-refractivity contribution in [2.45, 2.75) is 25.8 Å². The number of aromatic hydroxyl groups is 2. The Balaban J connectivity index is 2.40. The average Bonchev–Trinajstić information content (AvgIpc) is 2.86. The van der Waals surface area contributed by atoms with Gasteiger partial charge in [0.15, 0.2) is 17.2 Å². The van der Waals surface area contributed by atoms with Crippen LogP contribution in [0.3, 0.4) is 0 Å². The van der Waals surface area contributed by atoms with Gasteiger partial charge in [0.05, 0.1) is 20.3 Å². The molecule has 0 aromatic heterocycles. The van der Waals surface area contributed by atoms with E-state index in [4.69, 9.17) is 9.47 Å². The number of ether oxygens (including phenoxy) is 2. The van der Waals surface area contributed by atoms with Gasteiger partial charge in [-0.15, -0.1) is 0 Å². The van der Waals surface area contributed by atoms with Crippen molar-refractivity contribution >= 4 is 5.91 Å². The number of fused-ring (bicyclic) bond motifs is 3. The van der Waals surface area contributed by atoms with E-state index < -0.39 is 6.04 Å². The Kier molecular flexibility index (Phi) is 4.94. The fourth-order valence-corrected chi connectivity index (χ4v) is 3.54. The Bertz CT molecular complexity index is 969. The second-order valence-electron chi connectivity index (χ2n) is 6.38. The fourth-order valence-electron chi connectivity index (χ4n) is 3.54. The van der Waals surface area contributed by atoms with Gasteiger partial charge >= 0.3 is 0 Å². The van der Waals surface area contributed by atoms with Crippen LogP contribution >= 0.6 is 0 Å². The van der Waals surface area contributed by atoms with Crippen LogP contribution in [-0.2, 0) is 11.2 Å². The lowest BCUT2D eigenvalue weighted by Crippen LogP contribution is -2.26. The maximum Gasteiger partial charge on any atom is 0.220 e. The molecule has 1 aliphatic carbocycles. The predicted molar refractivity (Wildman–Crippen MR) is 99.5 cm³/mol. The van der Waals surface area contributed by atoms with Gasteiger partial charge in [0.2, 0.25) is 17.1 Å². The molecule has 2 aromatic carbocycles. The molecule has 0 heterocycles. The van der Waals surface area contributed by atoms with Gasteiger partial charge in [-0.05, 0) is 47.7 Å². The number of aryl methyl sites for hydroxylation is 1. The molecule has 1 aliphatic rings. The highest BCUT2D eigenvalue weighted by atomic mass is 16.5. The highest BCUT2D eigenvalue weighted by Gasteiger charge is 2.28. The lowest BCUT2D eigenvalue weighted by Gasteiger charge is -2.18. The summed E-state index contributed by atoms with van der Waals surface area (Å²) >= 11 is 0. The third kappa shape index (κ3) is 3.28. The van der Waals surface area contributed by atoms with Crippen LogP contribution in [0.1, 0.15) is 30.5 Å². The summed E-state index contributed by atoms with van der Waals surface area (Å²) in [6.45, 7) is 1.41. The summed E-state index contributed by atoms with van der Waals surface area (Å²) in [5, 5.41) is 23.2. The van der Waals surface area contributed by atoms with E-state index >= 15 is 0 Å². The monoisotopic (exact) mass is 371 g/mol. The summed E-state index contributed by atoms with van der Waals surface area (Å²) in [5.41, 5.74) is 2.22. The quantitative estimate of drug-likeness (QED) is 0.715. The topological polar surface area (TPSA) is 105 Å². The van der Waals surface area contributed by atoms with E-state index in [2.05, 4.69) is 5.32 Å². The zero-order valence-electron chi connectivity index (χ0n) is 15.3. The molecule has 3 rings (SSSR count). The first-order valence-corrected chi connectivity index (χ1v) is 8.48. The number of carbonyl (C=O) groups excluding carboxylic acids is 1. The number of amides is 1. The second kappa shape index (κ2) is 7.19. The summed E-state index contributed by atoms with van der Waals surface area (Å²) in [5.74, 6) is -0.602. The zero-order valence-corrected chi connectivity index (χ0v) is 15.3. The number of methoxy groups -OCH3 is 2. The molecule has 142 valence electrons. The van der Waals surface area contributed by atoms with Crippen LogP contribution < -0.4 is 20.2 Å². The van der Waals surface area contributed by atoms with Crippen LogP contribution in [-0.4, -0.2) is 30.3 Å². The molecule has 0 aliphatic heterocycles. The smallest absolute Gasteiger partial charge is 0.220 e. The van der Waals surface area contributed by atoms with Crippen LogP contribution in [0, 0.1) is 0 Å². The van der Waals surface area contributed by atoms with E-state index in [0.717, 1.165) is 5.56 Å². The average molecular weight is 371 g/mol. The first-order valence-electron chi connectivity index (χ1n) is 8.48. The van der Waals surface area contributed by atoms with Crippen LogP contribution in [0.25, 0.3) is 11.1 Å². The molecule has 0 radical (unpaired) electrons. The van der Waals surface area contributed by atoms with Gasteiger partial charge < -0.3 is 25.0 Å². The zero-order chi connectivity index (χ0) is 19.7. The van der Waals surface area contributed by atoms with Gasteiger partial charge in [0, 0.05) is 12.5 Å². The molecule has 2 aromatic rings. The molecule has 1 atom stereocenters. The van der Waals surface area contributed by atoms with E-state index in [9.17, 15) is 19.8 Å². The molecule has 3 N–H and O–H groups in total. The van der Waals surface area contributed by atoms with Crippen molar-refractivity contribution in [2.75, 3.05) is 14.2 Å².